The molecule has 2 aliphatic carbocycles. The topological polar surface area (TPSA) is 30.5 Å². The molecule has 2 aliphatic rings. The second-order valence-corrected chi connectivity index (χ2v) is 5.53. The van der Waals surface area contributed by atoms with Crippen molar-refractivity contribution in [1.29, 1.82) is 0 Å². The van der Waals surface area contributed by atoms with Crippen LogP contribution in [0.5, 0.6) is 0 Å². The van der Waals surface area contributed by atoms with Gasteiger partial charge in [-0.15, -0.1) is 0 Å². The largest absolute Gasteiger partial charge is 0.381 e. The third-order valence-electron chi connectivity index (χ3n) is 4.07. The average molecular weight is 241 g/mol. The van der Waals surface area contributed by atoms with Gasteiger partial charge in [-0.05, 0) is 51.5 Å². The van der Waals surface area contributed by atoms with Gasteiger partial charge in [-0.2, -0.15) is 0 Å². The normalized spacial score (nSPS) is 37.8. The fourth-order valence-electron chi connectivity index (χ4n) is 2.90. The first-order valence-corrected chi connectivity index (χ1v) is 7.23. The molecule has 100 valence electrons. The summed E-state index contributed by atoms with van der Waals surface area (Å²) < 4.78 is 11.6. The van der Waals surface area contributed by atoms with E-state index in [1.807, 2.05) is 7.11 Å². The maximum Gasteiger partial charge on any atom is 0.0608 e. The van der Waals surface area contributed by atoms with E-state index >= 15 is 0 Å². The first-order chi connectivity index (χ1) is 8.31. The fraction of sp³-hybridized carbons (Fsp3) is 1.00. The zero-order chi connectivity index (χ0) is 12.1. The molecule has 0 aromatic carbocycles. The third kappa shape index (κ3) is 3.94. The summed E-state index contributed by atoms with van der Waals surface area (Å²) in [7, 11) is 1.82. The number of ether oxygens (including phenoxy) is 2. The van der Waals surface area contributed by atoms with E-state index in [0.717, 1.165) is 13.0 Å². The van der Waals surface area contributed by atoms with Crippen molar-refractivity contribution in [2.75, 3.05) is 13.7 Å². The quantitative estimate of drug-likeness (QED) is 0.775. The molecule has 2 atom stereocenters. The highest BCUT2D eigenvalue weighted by Crippen LogP contribution is 2.30. The minimum absolute atomic E-state index is 0.433. The number of nitrogens with one attached hydrogen (secondary N) is 1. The maximum atomic E-state index is 6.15. The van der Waals surface area contributed by atoms with Crippen molar-refractivity contribution in [2.24, 2.45) is 0 Å². The van der Waals surface area contributed by atoms with E-state index < -0.39 is 0 Å². The molecule has 0 spiro atoms. The summed E-state index contributed by atoms with van der Waals surface area (Å²) in [5.41, 5.74) is 0. The Hall–Kier alpha value is -0.120. The van der Waals surface area contributed by atoms with Crippen LogP contribution in [0.3, 0.4) is 0 Å². The molecule has 3 heteroatoms. The Morgan fingerprint density at radius 3 is 2.53 bits per heavy atom. The van der Waals surface area contributed by atoms with Crippen molar-refractivity contribution in [3.63, 3.8) is 0 Å². The predicted octanol–water partition coefficient (Wildman–Crippen LogP) is 2.49. The zero-order valence-electron chi connectivity index (χ0n) is 11.3. The van der Waals surface area contributed by atoms with Crippen LogP contribution in [-0.2, 0) is 9.47 Å². The zero-order valence-corrected chi connectivity index (χ0v) is 11.3. The summed E-state index contributed by atoms with van der Waals surface area (Å²) in [4.78, 5) is 0. The van der Waals surface area contributed by atoms with Gasteiger partial charge in [0, 0.05) is 13.2 Å². The summed E-state index contributed by atoms with van der Waals surface area (Å²) in [5.74, 6) is 0. The van der Waals surface area contributed by atoms with Crippen LogP contribution < -0.4 is 5.32 Å². The summed E-state index contributed by atoms with van der Waals surface area (Å²) in [5, 5.41) is 3.55. The van der Waals surface area contributed by atoms with Crippen molar-refractivity contribution in [2.45, 2.75) is 76.2 Å². The molecular formula is C14H27NO2. The van der Waals surface area contributed by atoms with Gasteiger partial charge in [0.25, 0.3) is 0 Å². The van der Waals surface area contributed by atoms with Gasteiger partial charge in [0.1, 0.15) is 0 Å². The lowest BCUT2D eigenvalue weighted by molar-refractivity contribution is -0.0978. The van der Waals surface area contributed by atoms with E-state index in [9.17, 15) is 0 Å². The van der Waals surface area contributed by atoms with Gasteiger partial charge in [0.15, 0.2) is 0 Å². The molecule has 0 bridgehead atoms. The molecule has 0 aliphatic heterocycles. The standard InChI is InChI=1S/C14H27NO2/c1-3-7-15-11-8-14(9-11)17-13-6-4-5-12(10-13)16-2/h11-15H,3-10H2,1-2H3. The molecule has 0 radical (unpaired) electrons. The van der Waals surface area contributed by atoms with Gasteiger partial charge in [-0.25, -0.2) is 0 Å². The molecule has 0 heterocycles. The Bertz CT molecular complexity index is 216. The second kappa shape index (κ2) is 6.72. The van der Waals surface area contributed by atoms with Crippen LogP contribution in [-0.4, -0.2) is 38.0 Å². The van der Waals surface area contributed by atoms with Crippen molar-refractivity contribution in [3.8, 4) is 0 Å². The third-order valence-corrected chi connectivity index (χ3v) is 4.07. The molecule has 0 amide bonds. The molecule has 3 nitrogen and oxygen atoms in total. The van der Waals surface area contributed by atoms with Crippen LogP contribution in [0.4, 0.5) is 0 Å². The van der Waals surface area contributed by atoms with Crippen LogP contribution in [0, 0.1) is 0 Å². The first-order valence-electron chi connectivity index (χ1n) is 7.23. The average Bonchev–Trinajstić information content (AvgIpc) is 2.32. The van der Waals surface area contributed by atoms with Gasteiger partial charge in [-0.3, -0.25) is 0 Å². The first kappa shape index (κ1) is 13.3. The van der Waals surface area contributed by atoms with Gasteiger partial charge >= 0.3 is 0 Å². The Balaban J connectivity index is 1.59. The van der Waals surface area contributed by atoms with E-state index in [4.69, 9.17) is 9.47 Å². The summed E-state index contributed by atoms with van der Waals surface area (Å²) in [6.07, 6.45) is 9.81. The summed E-state index contributed by atoms with van der Waals surface area (Å²) in [6.45, 7) is 3.36. The van der Waals surface area contributed by atoms with E-state index in [1.54, 1.807) is 0 Å². The molecule has 2 fully saturated rings. The highest BCUT2D eigenvalue weighted by Gasteiger charge is 2.33. The van der Waals surface area contributed by atoms with Crippen LogP contribution in [0.25, 0.3) is 0 Å². The lowest BCUT2D eigenvalue weighted by Crippen LogP contribution is -2.47. The smallest absolute Gasteiger partial charge is 0.0608 e. The van der Waals surface area contributed by atoms with Crippen molar-refractivity contribution in [3.05, 3.63) is 0 Å². The molecule has 2 unspecified atom stereocenters. The minimum atomic E-state index is 0.433. The Morgan fingerprint density at radius 2 is 1.82 bits per heavy atom. The van der Waals surface area contributed by atoms with E-state index in [0.29, 0.717) is 24.4 Å². The molecule has 0 aromatic rings. The minimum Gasteiger partial charge on any atom is -0.381 e. The van der Waals surface area contributed by atoms with E-state index in [1.165, 1.54) is 38.5 Å². The molecule has 0 saturated heterocycles. The van der Waals surface area contributed by atoms with Crippen molar-refractivity contribution in [1.82, 2.24) is 5.32 Å². The van der Waals surface area contributed by atoms with Crippen LogP contribution in [0.15, 0.2) is 0 Å². The Kier molecular flexibility index (Phi) is 5.26. The molecule has 17 heavy (non-hydrogen) atoms. The number of methoxy groups -OCH3 is 1. The summed E-state index contributed by atoms with van der Waals surface area (Å²) in [6, 6.07) is 0.710. The number of hydrogen-bond donors (Lipinski definition) is 1. The molecule has 0 aromatic heterocycles. The lowest BCUT2D eigenvalue weighted by atomic mass is 9.88. The van der Waals surface area contributed by atoms with Crippen LogP contribution >= 0.6 is 0 Å². The Labute approximate surface area is 105 Å². The van der Waals surface area contributed by atoms with Crippen LogP contribution in [0.2, 0.25) is 0 Å². The highest BCUT2D eigenvalue weighted by atomic mass is 16.5. The van der Waals surface area contributed by atoms with Crippen LogP contribution in [0.1, 0.15) is 51.9 Å². The predicted molar refractivity (Wildman–Crippen MR) is 69.2 cm³/mol. The highest BCUT2D eigenvalue weighted by molar-refractivity contribution is 4.87. The van der Waals surface area contributed by atoms with E-state index in [2.05, 4.69) is 12.2 Å². The maximum absolute atomic E-state index is 6.15. The van der Waals surface area contributed by atoms with Crippen molar-refractivity contribution < 1.29 is 9.47 Å². The molecule has 2 saturated carbocycles. The summed E-state index contributed by atoms with van der Waals surface area (Å²) >= 11 is 0. The van der Waals surface area contributed by atoms with Gasteiger partial charge in [0.05, 0.1) is 18.3 Å². The van der Waals surface area contributed by atoms with Gasteiger partial charge in [0.2, 0.25) is 0 Å². The molecule has 2 rings (SSSR count). The van der Waals surface area contributed by atoms with Gasteiger partial charge in [-0.1, -0.05) is 6.92 Å². The second-order valence-electron chi connectivity index (χ2n) is 5.53. The van der Waals surface area contributed by atoms with E-state index in [-0.39, 0.29) is 0 Å². The number of hydrogen-bond acceptors (Lipinski definition) is 3. The molecule has 1 N–H and O–H groups in total. The fourth-order valence-corrected chi connectivity index (χ4v) is 2.90. The van der Waals surface area contributed by atoms with Gasteiger partial charge < -0.3 is 14.8 Å². The SMILES string of the molecule is CCCNC1CC(OC2CCCC(OC)C2)C1. The van der Waals surface area contributed by atoms with Crippen molar-refractivity contribution >= 4 is 0 Å². The Morgan fingerprint density at radius 1 is 1.06 bits per heavy atom. The molecular weight excluding hydrogens is 214 g/mol. The monoisotopic (exact) mass is 241 g/mol. The number of rotatable bonds is 6. The lowest BCUT2D eigenvalue weighted by Gasteiger charge is -2.39.